The molecule has 0 radical (unpaired) electrons. The molecule has 7 nitrogen and oxygen atoms in total. The smallest absolute Gasteiger partial charge is 0.321 e. The van der Waals surface area contributed by atoms with E-state index in [1.165, 1.54) is 18.2 Å². The van der Waals surface area contributed by atoms with Crippen molar-refractivity contribution in [2.75, 3.05) is 44.7 Å². The highest BCUT2D eigenvalue weighted by atomic mass is 19.1. The summed E-state index contributed by atoms with van der Waals surface area (Å²) in [6.45, 7) is 3.53. The number of benzene rings is 2. The summed E-state index contributed by atoms with van der Waals surface area (Å²) in [7, 11) is 0. The standard InChI is InChI=1S/C22H27FN4O3/c23-19-4-1-3-18(15-19)21(28)27(10-2-9-24)16-17-5-7-20(8-6-17)25-22(29)26-11-13-30-14-12-26/h1,3-8,15H,2,9-14,16,24H2,(H,25,29). The highest BCUT2D eigenvalue weighted by molar-refractivity contribution is 5.94. The van der Waals surface area contributed by atoms with Crippen molar-refractivity contribution in [3.8, 4) is 0 Å². The van der Waals surface area contributed by atoms with Gasteiger partial charge >= 0.3 is 6.03 Å². The minimum Gasteiger partial charge on any atom is -0.378 e. The van der Waals surface area contributed by atoms with Crippen LogP contribution in [-0.2, 0) is 11.3 Å². The molecule has 2 aromatic carbocycles. The summed E-state index contributed by atoms with van der Waals surface area (Å²) in [5.74, 6) is -0.687. The Morgan fingerprint density at radius 2 is 1.87 bits per heavy atom. The molecule has 1 aliphatic rings. The lowest BCUT2D eigenvalue weighted by Gasteiger charge is -2.27. The van der Waals surface area contributed by atoms with Gasteiger partial charge in [-0.25, -0.2) is 9.18 Å². The van der Waals surface area contributed by atoms with E-state index in [1.54, 1.807) is 28.0 Å². The van der Waals surface area contributed by atoms with Crippen molar-refractivity contribution in [1.82, 2.24) is 9.80 Å². The van der Waals surface area contributed by atoms with Crippen LogP contribution in [0.5, 0.6) is 0 Å². The first-order valence-electron chi connectivity index (χ1n) is 10.0. The van der Waals surface area contributed by atoms with Crippen LogP contribution in [0.4, 0.5) is 14.9 Å². The molecular weight excluding hydrogens is 387 g/mol. The Morgan fingerprint density at radius 1 is 1.13 bits per heavy atom. The van der Waals surface area contributed by atoms with Gasteiger partial charge in [0, 0.05) is 37.4 Å². The third-order valence-electron chi connectivity index (χ3n) is 4.87. The van der Waals surface area contributed by atoms with E-state index in [4.69, 9.17) is 10.5 Å². The van der Waals surface area contributed by atoms with Crippen LogP contribution < -0.4 is 11.1 Å². The number of urea groups is 1. The monoisotopic (exact) mass is 414 g/mol. The van der Waals surface area contributed by atoms with Gasteiger partial charge < -0.3 is 25.6 Å². The van der Waals surface area contributed by atoms with Crippen LogP contribution in [0.25, 0.3) is 0 Å². The normalized spacial score (nSPS) is 13.7. The SMILES string of the molecule is NCCCN(Cc1ccc(NC(=O)N2CCOCC2)cc1)C(=O)c1cccc(F)c1. The molecule has 3 amide bonds. The number of rotatable bonds is 7. The number of hydrogen-bond donors (Lipinski definition) is 2. The second-order valence-electron chi connectivity index (χ2n) is 7.11. The minimum atomic E-state index is -0.444. The Bertz CT molecular complexity index is 854. The molecule has 0 unspecified atom stereocenters. The second-order valence-corrected chi connectivity index (χ2v) is 7.11. The molecule has 160 valence electrons. The third kappa shape index (κ3) is 6.01. The maximum Gasteiger partial charge on any atom is 0.321 e. The van der Waals surface area contributed by atoms with E-state index < -0.39 is 5.82 Å². The molecule has 0 atom stereocenters. The molecule has 3 rings (SSSR count). The van der Waals surface area contributed by atoms with E-state index in [0.717, 1.165) is 5.56 Å². The predicted molar refractivity (Wildman–Crippen MR) is 113 cm³/mol. The fraction of sp³-hybridized carbons (Fsp3) is 0.364. The van der Waals surface area contributed by atoms with E-state index in [1.807, 2.05) is 12.1 Å². The highest BCUT2D eigenvalue weighted by Gasteiger charge is 2.18. The van der Waals surface area contributed by atoms with Gasteiger partial charge in [-0.1, -0.05) is 18.2 Å². The average molecular weight is 414 g/mol. The Balaban J connectivity index is 1.64. The quantitative estimate of drug-likeness (QED) is 0.729. The van der Waals surface area contributed by atoms with Crippen LogP contribution in [0.2, 0.25) is 0 Å². The first-order chi connectivity index (χ1) is 14.6. The zero-order valence-corrected chi connectivity index (χ0v) is 16.9. The Morgan fingerprint density at radius 3 is 2.53 bits per heavy atom. The lowest BCUT2D eigenvalue weighted by molar-refractivity contribution is 0.0564. The number of amides is 3. The molecule has 3 N–H and O–H groups in total. The summed E-state index contributed by atoms with van der Waals surface area (Å²) in [5, 5.41) is 2.87. The summed E-state index contributed by atoms with van der Waals surface area (Å²) in [6, 6.07) is 12.9. The number of morpholine rings is 1. The van der Waals surface area contributed by atoms with Crippen molar-refractivity contribution in [3.63, 3.8) is 0 Å². The van der Waals surface area contributed by atoms with Crippen molar-refractivity contribution in [2.45, 2.75) is 13.0 Å². The fourth-order valence-electron chi connectivity index (χ4n) is 3.22. The van der Waals surface area contributed by atoms with Crippen LogP contribution in [0.3, 0.4) is 0 Å². The van der Waals surface area contributed by atoms with E-state index in [2.05, 4.69) is 5.32 Å². The molecule has 8 heteroatoms. The lowest BCUT2D eigenvalue weighted by Crippen LogP contribution is -2.43. The molecule has 1 aliphatic heterocycles. The van der Waals surface area contributed by atoms with Gasteiger partial charge in [-0.3, -0.25) is 4.79 Å². The highest BCUT2D eigenvalue weighted by Crippen LogP contribution is 2.15. The number of anilines is 1. The molecule has 2 aromatic rings. The van der Waals surface area contributed by atoms with Gasteiger partial charge in [0.1, 0.15) is 5.82 Å². The van der Waals surface area contributed by atoms with E-state index in [9.17, 15) is 14.0 Å². The first-order valence-corrected chi connectivity index (χ1v) is 10.0. The molecule has 1 fully saturated rings. The molecule has 30 heavy (non-hydrogen) atoms. The van der Waals surface area contributed by atoms with Gasteiger partial charge in [-0.15, -0.1) is 0 Å². The van der Waals surface area contributed by atoms with Crippen LogP contribution in [0.1, 0.15) is 22.3 Å². The van der Waals surface area contributed by atoms with E-state index in [-0.39, 0.29) is 11.9 Å². The summed E-state index contributed by atoms with van der Waals surface area (Å²) in [5.41, 5.74) is 7.50. The van der Waals surface area contributed by atoms with Crippen LogP contribution in [0.15, 0.2) is 48.5 Å². The first kappa shape index (κ1) is 21.7. The zero-order chi connectivity index (χ0) is 21.3. The molecule has 1 heterocycles. The minimum absolute atomic E-state index is 0.156. The van der Waals surface area contributed by atoms with Crippen LogP contribution >= 0.6 is 0 Å². The molecule has 0 bridgehead atoms. The number of hydrogen-bond acceptors (Lipinski definition) is 4. The van der Waals surface area contributed by atoms with E-state index in [0.29, 0.717) is 63.6 Å². The summed E-state index contributed by atoms with van der Waals surface area (Å²) >= 11 is 0. The number of nitrogens with two attached hydrogens (primary N) is 1. The Kier molecular flexibility index (Phi) is 7.75. The maximum absolute atomic E-state index is 13.5. The van der Waals surface area contributed by atoms with Gasteiger partial charge in [0.15, 0.2) is 0 Å². The van der Waals surface area contributed by atoms with Crippen molar-refractivity contribution in [2.24, 2.45) is 5.73 Å². The number of carbonyl (C=O) groups excluding carboxylic acids is 2. The second kappa shape index (κ2) is 10.7. The van der Waals surface area contributed by atoms with Crippen molar-refractivity contribution >= 4 is 17.6 Å². The predicted octanol–water partition coefficient (Wildman–Crippen LogP) is 2.68. The van der Waals surface area contributed by atoms with Crippen molar-refractivity contribution < 1.29 is 18.7 Å². The summed E-state index contributed by atoms with van der Waals surface area (Å²) < 4.78 is 18.8. The summed E-state index contributed by atoms with van der Waals surface area (Å²) in [4.78, 5) is 28.5. The van der Waals surface area contributed by atoms with Crippen LogP contribution in [-0.4, -0.2) is 61.1 Å². The topological polar surface area (TPSA) is 87.9 Å². The number of ether oxygens (including phenoxy) is 1. The summed E-state index contributed by atoms with van der Waals surface area (Å²) in [6.07, 6.45) is 0.648. The third-order valence-corrected chi connectivity index (χ3v) is 4.87. The van der Waals surface area contributed by atoms with Crippen LogP contribution in [0, 0.1) is 5.82 Å². The van der Waals surface area contributed by atoms with Crippen molar-refractivity contribution in [3.05, 3.63) is 65.5 Å². The van der Waals surface area contributed by atoms with Crippen molar-refractivity contribution in [1.29, 1.82) is 0 Å². The molecule has 1 saturated heterocycles. The largest absolute Gasteiger partial charge is 0.378 e. The Hall–Kier alpha value is -2.97. The van der Waals surface area contributed by atoms with Gasteiger partial charge in [-0.2, -0.15) is 0 Å². The molecule has 0 saturated carbocycles. The Labute approximate surface area is 175 Å². The molecular formula is C22H27FN4O3. The number of nitrogens with one attached hydrogen (secondary N) is 1. The zero-order valence-electron chi connectivity index (χ0n) is 16.9. The molecule has 0 aliphatic carbocycles. The number of nitrogens with zero attached hydrogens (tertiary/aromatic N) is 2. The van der Waals surface area contributed by atoms with Gasteiger partial charge in [-0.05, 0) is 48.9 Å². The van der Waals surface area contributed by atoms with Gasteiger partial charge in [0.25, 0.3) is 5.91 Å². The average Bonchev–Trinajstić information content (AvgIpc) is 2.78. The van der Waals surface area contributed by atoms with Gasteiger partial charge in [0.2, 0.25) is 0 Å². The maximum atomic E-state index is 13.5. The van der Waals surface area contributed by atoms with E-state index >= 15 is 0 Å². The van der Waals surface area contributed by atoms with Gasteiger partial charge in [0.05, 0.1) is 13.2 Å². The number of halogens is 1. The number of carbonyl (C=O) groups is 2. The molecule has 0 spiro atoms. The fourth-order valence-corrected chi connectivity index (χ4v) is 3.22. The molecule has 0 aromatic heterocycles. The lowest BCUT2D eigenvalue weighted by atomic mass is 10.1.